The zero-order valence-corrected chi connectivity index (χ0v) is 11.8. The molecule has 0 saturated heterocycles. The molecule has 0 aliphatic carbocycles. The van der Waals surface area contributed by atoms with Crippen LogP contribution in [0.2, 0.25) is 5.02 Å². The summed E-state index contributed by atoms with van der Waals surface area (Å²) in [5, 5.41) is 0.831. The van der Waals surface area contributed by atoms with Crippen LogP contribution in [0.25, 0.3) is 0 Å². The van der Waals surface area contributed by atoms with Crippen LogP contribution in [-0.4, -0.2) is 4.83 Å². The van der Waals surface area contributed by atoms with Gasteiger partial charge in [0.25, 0.3) is 0 Å². The Hall–Kier alpha value is -0.0100. The van der Waals surface area contributed by atoms with Crippen molar-refractivity contribution < 1.29 is 0 Å². The lowest BCUT2D eigenvalue weighted by atomic mass is 9.87. The zero-order valence-electron chi connectivity index (χ0n) is 9.50. The lowest BCUT2D eigenvalue weighted by Crippen LogP contribution is -2.20. The molecule has 2 unspecified atom stereocenters. The molecule has 84 valence electrons. The summed E-state index contributed by atoms with van der Waals surface area (Å²) in [6, 6.07) is 8.16. The normalized spacial score (nSPS) is 15.3. The molecule has 0 amide bonds. The monoisotopic (exact) mass is 288 g/mol. The lowest BCUT2D eigenvalue weighted by Gasteiger charge is -2.23. The highest BCUT2D eigenvalue weighted by molar-refractivity contribution is 9.09. The number of hydrogen-bond donors (Lipinski definition) is 0. The number of rotatable bonds is 4. The van der Waals surface area contributed by atoms with Crippen LogP contribution >= 0.6 is 27.5 Å². The quantitative estimate of drug-likeness (QED) is 0.689. The molecule has 0 nitrogen and oxygen atoms in total. The summed E-state index contributed by atoms with van der Waals surface area (Å²) in [5.41, 5.74) is 1.33. The Bertz CT molecular complexity index is 299. The van der Waals surface area contributed by atoms with Gasteiger partial charge in [-0.25, -0.2) is 0 Å². The first-order valence-electron chi connectivity index (χ1n) is 5.39. The van der Waals surface area contributed by atoms with Gasteiger partial charge in [-0.2, -0.15) is 0 Å². The second kappa shape index (κ2) is 5.91. The van der Waals surface area contributed by atoms with Crippen molar-refractivity contribution in [3.8, 4) is 0 Å². The third kappa shape index (κ3) is 4.16. The minimum atomic E-state index is 0.538. The van der Waals surface area contributed by atoms with Crippen LogP contribution in [0.5, 0.6) is 0 Å². The molecule has 0 radical (unpaired) electrons. The summed E-state index contributed by atoms with van der Waals surface area (Å²) >= 11 is 9.66. The van der Waals surface area contributed by atoms with E-state index in [1.807, 2.05) is 12.1 Å². The van der Waals surface area contributed by atoms with E-state index in [-0.39, 0.29) is 0 Å². The van der Waals surface area contributed by atoms with Crippen LogP contribution in [0.1, 0.15) is 26.3 Å². The van der Waals surface area contributed by atoms with Crippen LogP contribution < -0.4 is 0 Å². The lowest BCUT2D eigenvalue weighted by molar-refractivity contribution is 0.384. The third-order valence-corrected chi connectivity index (χ3v) is 3.72. The standard InChI is InChI=1S/C13H18BrCl/c1-9(2)13(10(3)14)8-11-5-4-6-12(15)7-11/h4-7,9-10,13H,8H2,1-3H3. The maximum atomic E-state index is 5.98. The molecule has 1 aromatic rings. The van der Waals surface area contributed by atoms with E-state index in [1.54, 1.807) is 0 Å². The molecule has 0 aromatic heterocycles. The Morgan fingerprint density at radius 2 is 1.93 bits per heavy atom. The highest BCUT2D eigenvalue weighted by atomic mass is 79.9. The third-order valence-electron chi connectivity index (χ3n) is 2.81. The molecule has 0 bridgehead atoms. The van der Waals surface area contributed by atoms with Crippen molar-refractivity contribution in [3.63, 3.8) is 0 Å². The van der Waals surface area contributed by atoms with Crippen molar-refractivity contribution in [2.75, 3.05) is 0 Å². The maximum absolute atomic E-state index is 5.98. The fourth-order valence-corrected chi connectivity index (χ4v) is 2.87. The van der Waals surface area contributed by atoms with E-state index in [2.05, 4.69) is 48.8 Å². The van der Waals surface area contributed by atoms with Crippen LogP contribution in [0, 0.1) is 11.8 Å². The average Bonchev–Trinajstić information content (AvgIpc) is 2.13. The maximum Gasteiger partial charge on any atom is 0.0408 e. The van der Waals surface area contributed by atoms with E-state index in [0.29, 0.717) is 16.7 Å². The molecule has 0 aliphatic rings. The van der Waals surface area contributed by atoms with E-state index < -0.39 is 0 Å². The molecule has 0 fully saturated rings. The molecule has 0 saturated carbocycles. The molecule has 15 heavy (non-hydrogen) atoms. The van der Waals surface area contributed by atoms with Gasteiger partial charge in [0.15, 0.2) is 0 Å². The molecular formula is C13H18BrCl. The predicted octanol–water partition coefficient (Wildman–Crippen LogP) is 4.94. The summed E-state index contributed by atoms with van der Waals surface area (Å²) in [4.78, 5) is 0.538. The summed E-state index contributed by atoms with van der Waals surface area (Å²) in [6.45, 7) is 6.76. The van der Waals surface area contributed by atoms with E-state index >= 15 is 0 Å². The molecule has 1 rings (SSSR count). The number of halogens is 2. The van der Waals surface area contributed by atoms with Crippen LogP contribution in [0.4, 0.5) is 0 Å². The van der Waals surface area contributed by atoms with Gasteiger partial charge in [-0.1, -0.05) is 60.4 Å². The van der Waals surface area contributed by atoms with Crippen molar-refractivity contribution in [2.45, 2.75) is 32.0 Å². The average molecular weight is 290 g/mol. The minimum absolute atomic E-state index is 0.538. The number of hydrogen-bond acceptors (Lipinski definition) is 0. The molecule has 2 heteroatoms. The Morgan fingerprint density at radius 1 is 1.27 bits per heavy atom. The Kier molecular flexibility index (Phi) is 5.14. The second-order valence-corrected chi connectivity index (χ2v) is 6.30. The molecule has 0 heterocycles. The summed E-state index contributed by atoms with van der Waals surface area (Å²) < 4.78 is 0. The van der Waals surface area contributed by atoms with Gasteiger partial charge in [-0.05, 0) is 36.0 Å². The molecular weight excluding hydrogens is 272 g/mol. The molecule has 0 N–H and O–H groups in total. The summed E-state index contributed by atoms with van der Waals surface area (Å²) in [6.07, 6.45) is 1.09. The van der Waals surface area contributed by atoms with Gasteiger partial charge in [0.1, 0.15) is 0 Å². The second-order valence-electron chi connectivity index (χ2n) is 4.42. The van der Waals surface area contributed by atoms with Gasteiger partial charge in [0.05, 0.1) is 0 Å². The Morgan fingerprint density at radius 3 is 2.40 bits per heavy atom. The number of benzene rings is 1. The smallest absolute Gasteiger partial charge is 0.0408 e. The largest absolute Gasteiger partial charge is 0.0890 e. The van der Waals surface area contributed by atoms with E-state index in [1.165, 1.54) is 5.56 Å². The van der Waals surface area contributed by atoms with Gasteiger partial charge in [-0.3, -0.25) is 0 Å². The van der Waals surface area contributed by atoms with Crippen LogP contribution in [0.3, 0.4) is 0 Å². The fraction of sp³-hybridized carbons (Fsp3) is 0.538. The van der Waals surface area contributed by atoms with E-state index in [4.69, 9.17) is 11.6 Å². The SMILES string of the molecule is CC(C)C(Cc1cccc(Cl)c1)C(C)Br. The van der Waals surface area contributed by atoms with Crippen molar-refractivity contribution >= 4 is 27.5 Å². The first-order chi connectivity index (χ1) is 7.00. The van der Waals surface area contributed by atoms with Gasteiger partial charge in [0, 0.05) is 9.85 Å². The first kappa shape index (κ1) is 13.1. The minimum Gasteiger partial charge on any atom is -0.0890 e. The number of alkyl halides is 1. The van der Waals surface area contributed by atoms with Crippen molar-refractivity contribution in [1.29, 1.82) is 0 Å². The summed E-state index contributed by atoms with van der Waals surface area (Å²) in [7, 11) is 0. The Labute approximate surface area is 106 Å². The zero-order chi connectivity index (χ0) is 11.4. The molecule has 0 spiro atoms. The molecule has 1 aromatic carbocycles. The van der Waals surface area contributed by atoms with E-state index in [9.17, 15) is 0 Å². The van der Waals surface area contributed by atoms with Gasteiger partial charge in [-0.15, -0.1) is 0 Å². The first-order valence-corrected chi connectivity index (χ1v) is 6.68. The Balaban J connectivity index is 2.74. The van der Waals surface area contributed by atoms with Crippen molar-refractivity contribution in [2.24, 2.45) is 11.8 Å². The fourth-order valence-electron chi connectivity index (χ4n) is 1.86. The highest BCUT2D eigenvalue weighted by Crippen LogP contribution is 2.26. The predicted molar refractivity (Wildman–Crippen MR) is 71.9 cm³/mol. The summed E-state index contributed by atoms with van der Waals surface area (Å²) in [5.74, 6) is 1.34. The van der Waals surface area contributed by atoms with Gasteiger partial charge in [0.2, 0.25) is 0 Å². The highest BCUT2D eigenvalue weighted by Gasteiger charge is 2.18. The van der Waals surface area contributed by atoms with Crippen molar-refractivity contribution in [1.82, 2.24) is 0 Å². The molecule has 2 atom stereocenters. The topological polar surface area (TPSA) is 0 Å². The van der Waals surface area contributed by atoms with Crippen LogP contribution in [0.15, 0.2) is 24.3 Å². The van der Waals surface area contributed by atoms with Crippen molar-refractivity contribution in [3.05, 3.63) is 34.9 Å². The van der Waals surface area contributed by atoms with Crippen LogP contribution in [-0.2, 0) is 6.42 Å². The van der Waals surface area contributed by atoms with Gasteiger partial charge < -0.3 is 0 Å². The molecule has 0 aliphatic heterocycles. The van der Waals surface area contributed by atoms with Gasteiger partial charge >= 0.3 is 0 Å². The van der Waals surface area contributed by atoms with E-state index in [0.717, 1.165) is 11.4 Å².